The predicted octanol–water partition coefficient (Wildman–Crippen LogP) is 2.06. The average molecular weight is 247 g/mol. The Morgan fingerprint density at radius 3 is 2.56 bits per heavy atom. The number of hydrogen-bond donors (Lipinski definition) is 0. The second-order valence-electron chi connectivity index (χ2n) is 4.75. The third-order valence-corrected chi connectivity index (χ3v) is 3.51. The van der Waals surface area contributed by atoms with Gasteiger partial charge in [0.25, 0.3) is 0 Å². The van der Waals surface area contributed by atoms with E-state index in [1.807, 2.05) is 20.8 Å². The molecular formula is C11H21NO3S. The highest BCUT2D eigenvalue weighted by molar-refractivity contribution is 7.85. The maximum Gasteiger partial charge on any atom is 0.157 e. The van der Waals surface area contributed by atoms with Gasteiger partial charge in [-0.1, -0.05) is 0 Å². The molecule has 0 radical (unpaired) electrons. The van der Waals surface area contributed by atoms with Gasteiger partial charge in [0.1, 0.15) is 11.0 Å². The molecule has 1 saturated heterocycles. The van der Waals surface area contributed by atoms with Gasteiger partial charge in [0.15, 0.2) is 6.29 Å². The Bertz CT molecular complexity index is 254. The summed E-state index contributed by atoms with van der Waals surface area (Å²) in [7, 11) is -1.16. The Morgan fingerprint density at radius 2 is 2.00 bits per heavy atom. The second-order valence-corrected chi connectivity index (χ2v) is 6.69. The highest BCUT2D eigenvalue weighted by atomic mass is 32.2. The molecule has 0 bridgehead atoms. The van der Waals surface area contributed by atoms with E-state index in [2.05, 4.69) is 4.40 Å². The lowest BCUT2D eigenvalue weighted by atomic mass is 10.3. The van der Waals surface area contributed by atoms with E-state index in [-0.39, 0.29) is 11.0 Å². The Balaban J connectivity index is 2.19. The van der Waals surface area contributed by atoms with E-state index in [1.165, 1.54) is 0 Å². The highest BCUT2D eigenvalue weighted by Gasteiger charge is 2.18. The molecule has 0 amide bonds. The van der Waals surface area contributed by atoms with E-state index in [0.29, 0.717) is 0 Å². The molecule has 0 spiro atoms. The first kappa shape index (κ1) is 13.8. The van der Waals surface area contributed by atoms with E-state index in [4.69, 9.17) is 9.47 Å². The molecule has 0 aliphatic carbocycles. The summed E-state index contributed by atoms with van der Waals surface area (Å²) >= 11 is 0. The minimum Gasteiger partial charge on any atom is -0.353 e. The van der Waals surface area contributed by atoms with E-state index in [9.17, 15) is 4.21 Å². The standard InChI is InChI=1S/C11H21NO3S/c1-11(2,3)16(13)12-7-4-6-10-14-8-5-9-15-10/h7,10H,4-6,8-9H2,1-3H3/b12-7+/t16-/m0/s1. The quantitative estimate of drug-likeness (QED) is 0.714. The van der Waals surface area contributed by atoms with Crippen molar-refractivity contribution >= 4 is 17.2 Å². The highest BCUT2D eigenvalue weighted by Crippen LogP contribution is 2.13. The molecule has 0 N–H and O–H groups in total. The van der Waals surface area contributed by atoms with E-state index in [1.54, 1.807) is 6.21 Å². The van der Waals surface area contributed by atoms with Crippen LogP contribution >= 0.6 is 0 Å². The minimum absolute atomic E-state index is 0.108. The molecule has 1 aliphatic rings. The molecule has 4 nitrogen and oxygen atoms in total. The zero-order valence-corrected chi connectivity index (χ0v) is 11.1. The fourth-order valence-corrected chi connectivity index (χ4v) is 1.75. The molecule has 94 valence electrons. The zero-order valence-electron chi connectivity index (χ0n) is 10.3. The summed E-state index contributed by atoms with van der Waals surface area (Å²) in [5, 5.41) is 0. The first-order valence-electron chi connectivity index (χ1n) is 5.68. The third kappa shape index (κ3) is 5.18. The Kier molecular flexibility index (Phi) is 5.58. The van der Waals surface area contributed by atoms with E-state index >= 15 is 0 Å². The van der Waals surface area contributed by atoms with Gasteiger partial charge in [-0.15, -0.1) is 0 Å². The Morgan fingerprint density at radius 1 is 1.38 bits per heavy atom. The van der Waals surface area contributed by atoms with Crippen molar-refractivity contribution in [2.24, 2.45) is 4.40 Å². The average Bonchev–Trinajstić information content (AvgIpc) is 2.24. The topological polar surface area (TPSA) is 47.9 Å². The van der Waals surface area contributed by atoms with Crippen LogP contribution in [0.2, 0.25) is 0 Å². The molecule has 0 unspecified atom stereocenters. The monoisotopic (exact) mass is 247 g/mol. The second kappa shape index (κ2) is 6.47. The molecule has 16 heavy (non-hydrogen) atoms. The van der Waals surface area contributed by atoms with Crippen molar-refractivity contribution in [3.8, 4) is 0 Å². The lowest BCUT2D eigenvalue weighted by molar-refractivity contribution is -0.180. The van der Waals surface area contributed by atoms with Crippen LogP contribution in [0.15, 0.2) is 4.40 Å². The summed E-state index contributed by atoms with van der Waals surface area (Å²) in [4.78, 5) is 0. The number of ether oxygens (including phenoxy) is 2. The molecule has 1 aliphatic heterocycles. The van der Waals surface area contributed by atoms with Crippen molar-refractivity contribution in [3.63, 3.8) is 0 Å². The summed E-state index contributed by atoms with van der Waals surface area (Å²) in [5.74, 6) is 0. The molecule has 0 saturated carbocycles. The SMILES string of the molecule is CC(C)(C)[S@](=O)/N=C/CCC1OCCCO1. The van der Waals surface area contributed by atoms with Crippen molar-refractivity contribution in [2.75, 3.05) is 13.2 Å². The molecule has 0 aromatic heterocycles. The maximum atomic E-state index is 11.6. The molecule has 0 aromatic carbocycles. The van der Waals surface area contributed by atoms with Crippen LogP contribution in [0.3, 0.4) is 0 Å². The first-order chi connectivity index (χ1) is 7.50. The minimum atomic E-state index is -1.16. The van der Waals surface area contributed by atoms with Gasteiger partial charge >= 0.3 is 0 Å². The van der Waals surface area contributed by atoms with Gasteiger partial charge in [0, 0.05) is 12.6 Å². The van der Waals surface area contributed by atoms with Crippen LogP contribution in [0, 0.1) is 0 Å². The lowest BCUT2D eigenvalue weighted by Crippen LogP contribution is -2.24. The Labute approximate surface area is 100 Å². The van der Waals surface area contributed by atoms with E-state index in [0.717, 1.165) is 32.5 Å². The Hall–Kier alpha value is -0.260. The smallest absolute Gasteiger partial charge is 0.157 e. The van der Waals surface area contributed by atoms with E-state index < -0.39 is 11.0 Å². The largest absolute Gasteiger partial charge is 0.353 e. The molecular weight excluding hydrogens is 226 g/mol. The van der Waals surface area contributed by atoms with Crippen LogP contribution in [0.4, 0.5) is 0 Å². The van der Waals surface area contributed by atoms with Crippen molar-refractivity contribution in [2.45, 2.75) is 51.1 Å². The van der Waals surface area contributed by atoms with Crippen molar-refractivity contribution in [1.82, 2.24) is 0 Å². The molecule has 1 atom stereocenters. The fourth-order valence-electron chi connectivity index (χ4n) is 1.19. The van der Waals surface area contributed by atoms with Gasteiger partial charge in [-0.2, -0.15) is 4.40 Å². The van der Waals surface area contributed by atoms with Crippen molar-refractivity contribution in [1.29, 1.82) is 0 Å². The van der Waals surface area contributed by atoms with Gasteiger partial charge in [-0.3, -0.25) is 0 Å². The van der Waals surface area contributed by atoms with Crippen molar-refractivity contribution in [3.05, 3.63) is 0 Å². The van der Waals surface area contributed by atoms with Crippen LogP contribution in [0.1, 0.15) is 40.0 Å². The van der Waals surface area contributed by atoms with Gasteiger partial charge in [-0.05, 0) is 33.6 Å². The number of nitrogens with zero attached hydrogens (tertiary/aromatic N) is 1. The molecule has 5 heteroatoms. The normalized spacial score (nSPS) is 21.4. The van der Waals surface area contributed by atoms with Crippen LogP contribution in [0.5, 0.6) is 0 Å². The van der Waals surface area contributed by atoms with Crippen LogP contribution in [-0.4, -0.2) is 34.7 Å². The summed E-state index contributed by atoms with van der Waals surface area (Å²) in [6, 6.07) is 0. The predicted molar refractivity (Wildman–Crippen MR) is 65.9 cm³/mol. The summed E-state index contributed by atoms with van der Waals surface area (Å²) in [6.45, 7) is 7.28. The summed E-state index contributed by atoms with van der Waals surface area (Å²) < 4.78 is 26.1. The first-order valence-corrected chi connectivity index (χ1v) is 6.78. The summed E-state index contributed by atoms with van der Waals surface area (Å²) in [6.07, 6.45) is 4.10. The van der Waals surface area contributed by atoms with Gasteiger partial charge < -0.3 is 9.47 Å². The number of rotatable bonds is 4. The maximum absolute atomic E-state index is 11.6. The molecule has 1 fully saturated rings. The molecule has 1 rings (SSSR count). The fraction of sp³-hybridized carbons (Fsp3) is 0.909. The zero-order chi connectivity index (χ0) is 12.0. The van der Waals surface area contributed by atoms with Crippen molar-refractivity contribution < 1.29 is 13.7 Å². The van der Waals surface area contributed by atoms with Crippen LogP contribution in [0.25, 0.3) is 0 Å². The third-order valence-electron chi connectivity index (χ3n) is 2.12. The van der Waals surface area contributed by atoms with Gasteiger partial charge in [-0.25, -0.2) is 4.21 Å². The van der Waals surface area contributed by atoms with Gasteiger partial charge in [0.05, 0.1) is 18.0 Å². The number of hydrogen-bond acceptors (Lipinski definition) is 3. The van der Waals surface area contributed by atoms with Crippen LogP contribution < -0.4 is 0 Å². The molecule has 1 heterocycles. The summed E-state index contributed by atoms with van der Waals surface area (Å²) in [5.41, 5.74) is 0. The van der Waals surface area contributed by atoms with Crippen LogP contribution in [-0.2, 0) is 20.5 Å². The van der Waals surface area contributed by atoms with Gasteiger partial charge in [0.2, 0.25) is 0 Å². The lowest BCUT2D eigenvalue weighted by Gasteiger charge is -2.22. The molecule has 0 aromatic rings.